The molecule has 0 spiro atoms. The summed E-state index contributed by atoms with van der Waals surface area (Å²) in [7, 11) is 1.42. The molecule has 1 atom stereocenters. The fraction of sp³-hybridized carbons (Fsp3) is 0.188. The standard InChI is InChI=1S/C16H14FNO/c1-19-16-10-13(7-8-15(16)17)14(11-18)9-12-5-3-2-4-6-12/h2-8,10,14H,9H2,1H3/t14-/m0/s1. The number of hydrogen-bond donors (Lipinski definition) is 0. The van der Waals surface area contributed by atoms with Gasteiger partial charge in [0.05, 0.1) is 19.1 Å². The lowest BCUT2D eigenvalue weighted by molar-refractivity contribution is 0.385. The fourth-order valence-electron chi connectivity index (χ4n) is 1.98. The second-order valence-electron chi connectivity index (χ2n) is 4.27. The van der Waals surface area contributed by atoms with Crippen molar-refractivity contribution in [3.05, 3.63) is 65.5 Å². The third kappa shape index (κ3) is 3.11. The van der Waals surface area contributed by atoms with Gasteiger partial charge in [0, 0.05) is 0 Å². The smallest absolute Gasteiger partial charge is 0.165 e. The summed E-state index contributed by atoms with van der Waals surface area (Å²) in [6, 6.07) is 16.6. The molecule has 0 amide bonds. The normalized spacial score (nSPS) is 11.6. The van der Waals surface area contributed by atoms with Gasteiger partial charge in [-0.2, -0.15) is 5.26 Å². The molecule has 0 aliphatic carbocycles. The third-order valence-corrected chi connectivity index (χ3v) is 3.02. The summed E-state index contributed by atoms with van der Waals surface area (Å²) in [6.07, 6.45) is 0.603. The summed E-state index contributed by atoms with van der Waals surface area (Å²) in [5.41, 5.74) is 1.85. The van der Waals surface area contributed by atoms with E-state index in [4.69, 9.17) is 4.74 Å². The van der Waals surface area contributed by atoms with Crippen molar-refractivity contribution < 1.29 is 9.13 Å². The highest BCUT2D eigenvalue weighted by Crippen LogP contribution is 2.26. The van der Waals surface area contributed by atoms with Gasteiger partial charge in [0.2, 0.25) is 0 Å². The van der Waals surface area contributed by atoms with E-state index in [1.54, 1.807) is 12.1 Å². The van der Waals surface area contributed by atoms with Gasteiger partial charge >= 0.3 is 0 Å². The molecule has 2 aromatic rings. The zero-order valence-electron chi connectivity index (χ0n) is 10.6. The Bertz CT molecular complexity index is 589. The van der Waals surface area contributed by atoms with Gasteiger partial charge in [0.15, 0.2) is 11.6 Å². The van der Waals surface area contributed by atoms with Crippen molar-refractivity contribution in [1.82, 2.24) is 0 Å². The third-order valence-electron chi connectivity index (χ3n) is 3.02. The van der Waals surface area contributed by atoms with Crippen LogP contribution in [0.5, 0.6) is 5.75 Å². The predicted octanol–water partition coefficient (Wildman–Crippen LogP) is 3.68. The summed E-state index contributed by atoms with van der Waals surface area (Å²) in [5.74, 6) is -0.551. The molecule has 0 fully saturated rings. The Morgan fingerprint density at radius 1 is 1.21 bits per heavy atom. The Morgan fingerprint density at radius 3 is 2.58 bits per heavy atom. The molecular formula is C16H14FNO. The van der Waals surface area contributed by atoms with Gasteiger partial charge < -0.3 is 4.74 Å². The minimum absolute atomic E-state index is 0.172. The number of rotatable bonds is 4. The lowest BCUT2D eigenvalue weighted by Gasteiger charge is -2.11. The van der Waals surface area contributed by atoms with Crippen molar-refractivity contribution in [3.8, 4) is 11.8 Å². The molecule has 0 N–H and O–H groups in total. The van der Waals surface area contributed by atoms with Crippen molar-refractivity contribution in [2.24, 2.45) is 0 Å². The highest BCUT2D eigenvalue weighted by Gasteiger charge is 2.14. The fourth-order valence-corrected chi connectivity index (χ4v) is 1.98. The maximum absolute atomic E-state index is 13.4. The quantitative estimate of drug-likeness (QED) is 0.834. The number of benzene rings is 2. The van der Waals surface area contributed by atoms with Crippen molar-refractivity contribution in [1.29, 1.82) is 5.26 Å². The van der Waals surface area contributed by atoms with Crippen LogP contribution in [0, 0.1) is 17.1 Å². The Balaban J connectivity index is 2.25. The molecule has 19 heavy (non-hydrogen) atoms. The van der Waals surface area contributed by atoms with Crippen LogP contribution in [0.15, 0.2) is 48.5 Å². The lowest BCUT2D eigenvalue weighted by atomic mass is 9.93. The minimum atomic E-state index is -0.414. The van der Waals surface area contributed by atoms with E-state index in [1.165, 1.54) is 13.2 Å². The van der Waals surface area contributed by atoms with Gasteiger partial charge in [-0.3, -0.25) is 0 Å². The average Bonchev–Trinajstić information content (AvgIpc) is 2.46. The van der Waals surface area contributed by atoms with E-state index in [9.17, 15) is 9.65 Å². The number of hydrogen-bond acceptors (Lipinski definition) is 2. The van der Waals surface area contributed by atoms with E-state index in [-0.39, 0.29) is 11.7 Å². The Morgan fingerprint density at radius 2 is 1.95 bits per heavy atom. The Labute approximate surface area is 112 Å². The number of ether oxygens (including phenoxy) is 1. The molecular weight excluding hydrogens is 241 g/mol. The molecule has 2 aromatic carbocycles. The number of nitrogens with zero attached hydrogens (tertiary/aromatic N) is 1. The van der Waals surface area contributed by atoms with Gasteiger partial charge in [0.1, 0.15) is 0 Å². The predicted molar refractivity (Wildman–Crippen MR) is 71.5 cm³/mol. The zero-order chi connectivity index (χ0) is 13.7. The summed E-state index contributed by atoms with van der Waals surface area (Å²) in [6.45, 7) is 0. The van der Waals surface area contributed by atoms with Crippen LogP contribution in [0.3, 0.4) is 0 Å². The van der Waals surface area contributed by atoms with Crippen LogP contribution < -0.4 is 4.74 Å². The SMILES string of the molecule is COc1cc([C@H](C#N)Cc2ccccc2)ccc1F. The van der Waals surface area contributed by atoms with Crippen molar-refractivity contribution in [2.45, 2.75) is 12.3 Å². The van der Waals surface area contributed by atoms with Crippen LogP contribution in [0.4, 0.5) is 4.39 Å². The lowest BCUT2D eigenvalue weighted by Crippen LogP contribution is -2.01. The second kappa shape index (κ2) is 6.01. The van der Waals surface area contributed by atoms with Crippen LogP contribution in [-0.4, -0.2) is 7.11 Å². The van der Waals surface area contributed by atoms with Crippen LogP contribution in [0.2, 0.25) is 0 Å². The maximum Gasteiger partial charge on any atom is 0.165 e. The van der Waals surface area contributed by atoms with Crippen molar-refractivity contribution in [2.75, 3.05) is 7.11 Å². The molecule has 0 radical (unpaired) electrons. The van der Waals surface area contributed by atoms with Gasteiger partial charge in [-0.15, -0.1) is 0 Å². The summed E-state index contributed by atoms with van der Waals surface area (Å²) >= 11 is 0. The number of methoxy groups -OCH3 is 1. The first-order valence-electron chi connectivity index (χ1n) is 6.01. The van der Waals surface area contributed by atoms with E-state index in [0.29, 0.717) is 6.42 Å². The first-order valence-corrected chi connectivity index (χ1v) is 6.01. The van der Waals surface area contributed by atoms with Gasteiger partial charge in [-0.25, -0.2) is 4.39 Å². The van der Waals surface area contributed by atoms with Crippen LogP contribution >= 0.6 is 0 Å². The van der Waals surface area contributed by atoms with Crippen molar-refractivity contribution >= 4 is 0 Å². The summed E-state index contributed by atoms with van der Waals surface area (Å²) < 4.78 is 18.3. The van der Waals surface area contributed by atoms with E-state index in [2.05, 4.69) is 6.07 Å². The summed E-state index contributed by atoms with van der Waals surface area (Å²) in [5, 5.41) is 9.29. The molecule has 0 bridgehead atoms. The van der Waals surface area contributed by atoms with Gasteiger partial charge in [0.25, 0.3) is 0 Å². The molecule has 0 heterocycles. The van der Waals surface area contributed by atoms with Crippen LogP contribution in [0.1, 0.15) is 17.0 Å². The Kier molecular flexibility index (Phi) is 4.15. The molecule has 0 aromatic heterocycles. The highest BCUT2D eigenvalue weighted by atomic mass is 19.1. The highest BCUT2D eigenvalue weighted by molar-refractivity contribution is 5.36. The first-order chi connectivity index (χ1) is 9.24. The monoisotopic (exact) mass is 255 g/mol. The number of nitriles is 1. The number of halogens is 1. The maximum atomic E-state index is 13.4. The molecule has 0 unspecified atom stereocenters. The van der Waals surface area contributed by atoms with Crippen molar-refractivity contribution in [3.63, 3.8) is 0 Å². The molecule has 3 heteroatoms. The van der Waals surface area contributed by atoms with Gasteiger partial charge in [-0.05, 0) is 29.7 Å². The zero-order valence-corrected chi connectivity index (χ0v) is 10.6. The van der Waals surface area contributed by atoms with Crippen LogP contribution in [0.25, 0.3) is 0 Å². The molecule has 2 nitrogen and oxygen atoms in total. The molecule has 0 aliphatic heterocycles. The van der Waals surface area contributed by atoms with E-state index >= 15 is 0 Å². The average molecular weight is 255 g/mol. The summed E-state index contributed by atoms with van der Waals surface area (Å²) in [4.78, 5) is 0. The largest absolute Gasteiger partial charge is 0.494 e. The van der Waals surface area contributed by atoms with E-state index in [1.807, 2.05) is 30.3 Å². The first kappa shape index (κ1) is 13.1. The Hall–Kier alpha value is -2.34. The molecule has 0 saturated heterocycles. The topological polar surface area (TPSA) is 33.0 Å². The molecule has 96 valence electrons. The second-order valence-corrected chi connectivity index (χ2v) is 4.27. The molecule has 2 rings (SSSR count). The van der Waals surface area contributed by atoms with E-state index < -0.39 is 5.82 Å². The van der Waals surface area contributed by atoms with Crippen LogP contribution in [-0.2, 0) is 6.42 Å². The van der Waals surface area contributed by atoms with E-state index in [0.717, 1.165) is 11.1 Å². The van der Waals surface area contributed by atoms with Gasteiger partial charge in [-0.1, -0.05) is 36.4 Å². The molecule has 0 saturated carbocycles. The minimum Gasteiger partial charge on any atom is -0.494 e. The molecule has 0 aliphatic rings.